The van der Waals surface area contributed by atoms with Crippen molar-refractivity contribution in [3.05, 3.63) is 34.9 Å². The maximum absolute atomic E-state index is 5.97. The van der Waals surface area contributed by atoms with Crippen LogP contribution in [0, 0.1) is 0 Å². The minimum atomic E-state index is 0.409. The van der Waals surface area contributed by atoms with Crippen LogP contribution in [-0.2, 0) is 0 Å². The van der Waals surface area contributed by atoms with E-state index in [-0.39, 0.29) is 0 Å². The zero-order valence-corrected chi connectivity index (χ0v) is 9.51. The number of anilines is 1. The number of nitrogens with one attached hydrogen (secondary N) is 1. The summed E-state index contributed by atoms with van der Waals surface area (Å²) in [6, 6.07) is 6.05. The fraction of sp³-hybridized carbons (Fsp3) is 0.333. The molecular formula is C12H15ClN2. The molecule has 1 aromatic rings. The lowest BCUT2D eigenvalue weighted by Crippen LogP contribution is -2.29. The molecule has 0 saturated heterocycles. The summed E-state index contributed by atoms with van der Waals surface area (Å²) in [7, 11) is 0. The average molecular weight is 223 g/mol. The van der Waals surface area contributed by atoms with E-state index in [0.29, 0.717) is 6.04 Å². The Hall–Kier alpha value is -0.990. The van der Waals surface area contributed by atoms with Crippen molar-refractivity contribution < 1.29 is 0 Å². The van der Waals surface area contributed by atoms with E-state index in [1.165, 1.54) is 5.57 Å². The molecule has 2 rings (SSSR count). The van der Waals surface area contributed by atoms with Crippen molar-refractivity contribution in [3.63, 3.8) is 0 Å². The Labute approximate surface area is 95.1 Å². The van der Waals surface area contributed by atoms with Gasteiger partial charge in [0.25, 0.3) is 0 Å². The van der Waals surface area contributed by atoms with Crippen LogP contribution in [0.5, 0.6) is 0 Å². The van der Waals surface area contributed by atoms with E-state index in [1.807, 2.05) is 18.2 Å². The van der Waals surface area contributed by atoms with E-state index in [2.05, 4.69) is 18.3 Å². The predicted octanol–water partition coefficient (Wildman–Crippen LogP) is 2.69. The third-order valence-corrected chi connectivity index (χ3v) is 2.91. The van der Waals surface area contributed by atoms with Crippen LogP contribution in [0.1, 0.15) is 18.9 Å². The van der Waals surface area contributed by atoms with Crippen LogP contribution in [0.2, 0.25) is 5.02 Å². The number of halogens is 1. The lowest BCUT2D eigenvalue weighted by Gasteiger charge is -2.20. The highest BCUT2D eigenvalue weighted by atomic mass is 35.5. The quantitative estimate of drug-likeness (QED) is 0.717. The van der Waals surface area contributed by atoms with Gasteiger partial charge >= 0.3 is 0 Å². The first-order valence-corrected chi connectivity index (χ1v) is 5.54. The summed E-state index contributed by atoms with van der Waals surface area (Å²) in [5.41, 5.74) is 9.12. The molecule has 1 heterocycles. The van der Waals surface area contributed by atoms with E-state index in [1.54, 1.807) is 0 Å². The summed E-state index contributed by atoms with van der Waals surface area (Å²) in [6.45, 7) is 3.14. The molecule has 2 nitrogen and oxygen atoms in total. The molecule has 0 aromatic heterocycles. The Kier molecular flexibility index (Phi) is 2.98. The minimum Gasteiger partial charge on any atom is -0.398 e. The summed E-state index contributed by atoms with van der Waals surface area (Å²) in [6.07, 6.45) is 3.22. The zero-order valence-electron chi connectivity index (χ0n) is 8.76. The van der Waals surface area contributed by atoms with Gasteiger partial charge in [0.15, 0.2) is 0 Å². The molecule has 0 radical (unpaired) electrons. The molecule has 0 saturated carbocycles. The van der Waals surface area contributed by atoms with Crippen LogP contribution in [-0.4, -0.2) is 12.6 Å². The maximum atomic E-state index is 5.97. The fourth-order valence-corrected chi connectivity index (χ4v) is 2.08. The first kappa shape index (κ1) is 10.5. The van der Waals surface area contributed by atoms with Crippen LogP contribution < -0.4 is 11.1 Å². The first-order valence-electron chi connectivity index (χ1n) is 5.16. The molecule has 1 aliphatic heterocycles. The molecule has 0 spiro atoms. The normalized spacial score (nSPS) is 21.2. The third kappa shape index (κ3) is 2.33. The largest absolute Gasteiger partial charge is 0.398 e. The molecule has 1 aliphatic rings. The lowest BCUT2D eigenvalue weighted by molar-refractivity contribution is 0.621. The molecule has 3 heteroatoms. The van der Waals surface area contributed by atoms with E-state index in [0.717, 1.165) is 29.2 Å². The maximum Gasteiger partial charge on any atom is 0.0413 e. The smallest absolute Gasteiger partial charge is 0.0413 e. The molecule has 0 amide bonds. The Morgan fingerprint density at radius 3 is 3.00 bits per heavy atom. The number of nitrogens with two attached hydrogens (primary N) is 1. The monoisotopic (exact) mass is 222 g/mol. The zero-order chi connectivity index (χ0) is 10.8. The molecule has 1 atom stereocenters. The summed E-state index contributed by atoms with van der Waals surface area (Å²) in [5, 5.41) is 4.11. The van der Waals surface area contributed by atoms with Crippen LogP contribution in [0.25, 0.3) is 5.57 Å². The molecule has 80 valence electrons. The van der Waals surface area contributed by atoms with Gasteiger partial charge in [0.2, 0.25) is 0 Å². The highest BCUT2D eigenvalue weighted by Crippen LogP contribution is 2.28. The number of hydrogen-bond donors (Lipinski definition) is 2. The molecular weight excluding hydrogens is 208 g/mol. The van der Waals surface area contributed by atoms with Gasteiger partial charge in [-0.25, -0.2) is 0 Å². The topological polar surface area (TPSA) is 38.0 Å². The summed E-state index contributed by atoms with van der Waals surface area (Å²) in [4.78, 5) is 0. The molecule has 0 bridgehead atoms. The fourth-order valence-electron chi connectivity index (χ4n) is 1.91. The van der Waals surface area contributed by atoms with Crippen LogP contribution >= 0.6 is 11.6 Å². The number of rotatable bonds is 1. The molecule has 0 aliphatic carbocycles. The van der Waals surface area contributed by atoms with Crippen LogP contribution in [0.3, 0.4) is 0 Å². The summed E-state index contributed by atoms with van der Waals surface area (Å²) < 4.78 is 0. The molecule has 3 N–H and O–H groups in total. The Morgan fingerprint density at radius 1 is 1.47 bits per heavy atom. The second kappa shape index (κ2) is 4.25. The van der Waals surface area contributed by atoms with Gasteiger partial charge in [-0.15, -0.1) is 0 Å². The van der Waals surface area contributed by atoms with Crippen molar-refractivity contribution in [1.29, 1.82) is 0 Å². The number of nitrogen functional groups attached to an aromatic ring is 1. The van der Waals surface area contributed by atoms with Crippen LogP contribution in [0.15, 0.2) is 24.3 Å². The lowest BCUT2D eigenvalue weighted by atomic mass is 9.96. The first-order chi connectivity index (χ1) is 7.16. The van der Waals surface area contributed by atoms with E-state index < -0.39 is 0 Å². The third-order valence-electron chi connectivity index (χ3n) is 2.67. The van der Waals surface area contributed by atoms with Crippen molar-refractivity contribution in [3.8, 4) is 0 Å². The van der Waals surface area contributed by atoms with Crippen molar-refractivity contribution in [1.82, 2.24) is 5.32 Å². The molecule has 1 aromatic carbocycles. The van der Waals surface area contributed by atoms with Crippen molar-refractivity contribution in [2.75, 3.05) is 12.3 Å². The Balaban J connectivity index is 2.40. The molecule has 15 heavy (non-hydrogen) atoms. The van der Waals surface area contributed by atoms with Gasteiger partial charge in [0.1, 0.15) is 0 Å². The van der Waals surface area contributed by atoms with E-state index >= 15 is 0 Å². The van der Waals surface area contributed by atoms with Gasteiger partial charge < -0.3 is 11.1 Å². The highest BCUT2D eigenvalue weighted by Gasteiger charge is 2.12. The summed E-state index contributed by atoms with van der Waals surface area (Å²) in [5.74, 6) is 0. The Morgan fingerprint density at radius 2 is 2.27 bits per heavy atom. The van der Waals surface area contributed by atoms with Crippen molar-refractivity contribution in [2.24, 2.45) is 0 Å². The second-order valence-electron chi connectivity index (χ2n) is 3.92. The van der Waals surface area contributed by atoms with E-state index in [9.17, 15) is 0 Å². The van der Waals surface area contributed by atoms with Gasteiger partial charge in [0.05, 0.1) is 0 Å². The van der Waals surface area contributed by atoms with Crippen molar-refractivity contribution in [2.45, 2.75) is 19.4 Å². The van der Waals surface area contributed by atoms with E-state index in [4.69, 9.17) is 17.3 Å². The van der Waals surface area contributed by atoms with Gasteiger partial charge in [-0.05, 0) is 43.7 Å². The standard InChI is InChI=1S/C12H15ClN2/c1-8-6-9(4-5-15-8)11-7-10(13)2-3-12(11)14/h2-3,6-8,15H,4-5,14H2,1H3. The van der Waals surface area contributed by atoms with Crippen LogP contribution in [0.4, 0.5) is 5.69 Å². The predicted molar refractivity (Wildman–Crippen MR) is 65.9 cm³/mol. The molecule has 0 fully saturated rings. The van der Waals surface area contributed by atoms with Crippen molar-refractivity contribution >= 4 is 22.9 Å². The summed E-state index contributed by atoms with van der Waals surface area (Å²) >= 11 is 5.97. The van der Waals surface area contributed by atoms with Gasteiger partial charge in [-0.2, -0.15) is 0 Å². The van der Waals surface area contributed by atoms with Gasteiger partial charge in [-0.3, -0.25) is 0 Å². The number of benzene rings is 1. The minimum absolute atomic E-state index is 0.409. The SMILES string of the molecule is CC1C=C(c2cc(Cl)ccc2N)CCN1. The van der Waals surface area contributed by atoms with Gasteiger partial charge in [0, 0.05) is 22.3 Å². The highest BCUT2D eigenvalue weighted by molar-refractivity contribution is 6.30. The average Bonchev–Trinajstić information content (AvgIpc) is 2.22. The Bertz CT molecular complexity index is 399. The van der Waals surface area contributed by atoms with Gasteiger partial charge in [-0.1, -0.05) is 17.7 Å². The number of hydrogen-bond acceptors (Lipinski definition) is 2. The second-order valence-corrected chi connectivity index (χ2v) is 4.35. The molecule has 1 unspecified atom stereocenters.